The molecule has 0 unspecified atom stereocenters. The summed E-state index contributed by atoms with van der Waals surface area (Å²) in [6.07, 6.45) is -5.20. The maximum absolute atomic E-state index is 14.0. The Kier molecular flexibility index (Phi) is 8.71. The number of likely N-dealkylation sites (N-methyl/N-ethyl adjacent to an activating group) is 1. The molecule has 1 saturated heterocycles. The van der Waals surface area contributed by atoms with Crippen LogP contribution in [-0.4, -0.2) is 54.1 Å². The molecule has 2 aromatic heterocycles. The second-order valence-corrected chi connectivity index (χ2v) is 11.7. The summed E-state index contributed by atoms with van der Waals surface area (Å²) in [5.74, 6) is 0.584. The molecule has 0 saturated carbocycles. The first-order valence-electron chi connectivity index (χ1n) is 14.5. The highest BCUT2D eigenvalue weighted by Crippen LogP contribution is 2.41. The van der Waals surface area contributed by atoms with Crippen LogP contribution in [-0.2, 0) is 22.6 Å². The molecule has 3 heterocycles. The average Bonchev–Trinajstić information content (AvgIpc) is 3.03. The predicted octanol–water partition coefficient (Wildman–Crippen LogP) is 7.15. The molecule has 1 fully saturated rings. The lowest BCUT2D eigenvalue weighted by molar-refractivity contribution is -0.143. The third-order valence-electron chi connectivity index (χ3n) is 8.25. The number of rotatable bonds is 6. The Labute approximate surface area is 262 Å². The molecule has 2 aromatic carbocycles. The second-order valence-electron chi connectivity index (χ2n) is 11.7. The first kappa shape index (κ1) is 32.7. The number of carbonyl (C=O) groups excluding carboxylic acids is 1. The molecule has 0 aliphatic carbocycles. The van der Waals surface area contributed by atoms with Gasteiger partial charge in [-0.05, 0) is 67.8 Å². The summed E-state index contributed by atoms with van der Waals surface area (Å²) in [6, 6.07) is 12.4. The van der Waals surface area contributed by atoms with Gasteiger partial charge in [-0.2, -0.15) is 26.3 Å². The van der Waals surface area contributed by atoms with Crippen molar-refractivity contribution in [3.8, 4) is 11.1 Å². The van der Waals surface area contributed by atoms with E-state index in [1.165, 1.54) is 32.0 Å². The van der Waals surface area contributed by atoms with E-state index >= 15 is 0 Å². The minimum atomic E-state index is -5.04. The summed E-state index contributed by atoms with van der Waals surface area (Å²) in [6.45, 7) is 7.07. The average molecular weight is 643 g/mol. The van der Waals surface area contributed by atoms with E-state index in [-0.39, 0.29) is 6.07 Å². The summed E-state index contributed by atoms with van der Waals surface area (Å²) < 4.78 is 81.9. The van der Waals surface area contributed by atoms with Crippen molar-refractivity contribution in [3.63, 3.8) is 0 Å². The van der Waals surface area contributed by atoms with Crippen molar-refractivity contribution in [1.29, 1.82) is 0 Å². The Bertz CT molecular complexity index is 1680. The molecule has 46 heavy (non-hydrogen) atoms. The van der Waals surface area contributed by atoms with Gasteiger partial charge in [0.25, 0.3) is 0 Å². The van der Waals surface area contributed by atoms with Crippen molar-refractivity contribution in [3.05, 3.63) is 95.4 Å². The number of piperazine rings is 1. The van der Waals surface area contributed by atoms with E-state index in [2.05, 4.69) is 24.8 Å². The molecule has 0 radical (unpaired) electrons. The van der Waals surface area contributed by atoms with Gasteiger partial charge in [-0.15, -0.1) is 0 Å². The molecule has 0 atom stereocenters. The smallest absolute Gasteiger partial charge is 0.353 e. The van der Waals surface area contributed by atoms with Gasteiger partial charge in [0.05, 0.1) is 28.4 Å². The number of alkyl halides is 6. The fourth-order valence-corrected chi connectivity index (χ4v) is 5.53. The van der Waals surface area contributed by atoms with Crippen LogP contribution in [0.5, 0.6) is 0 Å². The number of anilines is 3. The van der Waals surface area contributed by atoms with Gasteiger partial charge in [0.2, 0.25) is 11.9 Å². The first-order chi connectivity index (χ1) is 21.6. The molecule has 4 aromatic rings. The number of carbonyl (C=O) groups is 1. The Morgan fingerprint density at radius 1 is 0.739 bits per heavy atom. The maximum Gasteiger partial charge on any atom is 0.416 e. The maximum atomic E-state index is 14.0. The van der Waals surface area contributed by atoms with Crippen LogP contribution in [0.3, 0.4) is 0 Å². The van der Waals surface area contributed by atoms with Gasteiger partial charge in [-0.3, -0.25) is 4.79 Å². The van der Waals surface area contributed by atoms with Crippen LogP contribution < -0.4 is 14.7 Å². The molecule has 13 heteroatoms. The van der Waals surface area contributed by atoms with Crippen molar-refractivity contribution in [2.45, 2.75) is 38.5 Å². The van der Waals surface area contributed by atoms with E-state index in [0.717, 1.165) is 11.1 Å². The van der Waals surface area contributed by atoms with Gasteiger partial charge >= 0.3 is 12.4 Å². The van der Waals surface area contributed by atoms with Crippen LogP contribution >= 0.6 is 0 Å². The molecular weight excluding hydrogens is 610 g/mol. The lowest BCUT2D eigenvalue weighted by Crippen LogP contribution is -2.47. The van der Waals surface area contributed by atoms with Crippen molar-refractivity contribution in [2.24, 2.45) is 0 Å². The third-order valence-corrected chi connectivity index (χ3v) is 8.25. The summed E-state index contributed by atoms with van der Waals surface area (Å²) >= 11 is 0. The van der Waals surface area contributed by atoms with Gasteiger partial charge in [-0.1, -0.05) is 24.3 Å². The van der Waals surface area contributed by atoms with E-state index in [4.69, 9.17) is 0 Å². The zero-order valence-corrected chi connectivity index (χ0v) is 25.6. The monoisotopic (exact) mass is 642 g/mol. The van der Waals surface area contributed by atoms with Crippen LogP contribution in [0.25, 0.3) is 11.1 Å². The number of halogens is 6. The van der Waals surface area contributed by atoms with Crippen molar-refractivity contribution in [2.75, 3.05) is 47.9 Å². The van der Waals surface area contributed by atoms with Crippen molar-refractivity contribution < 1.29 is 31.1 Å². The number of aromatic nitrogens is 3. The molecule has 7 nitrogen and oxygen atoms in total. The number of pyridine rings is 1. The molecule has 1 aliphatic heterocycles. The Balaban J connectivity index is 1.50. The van der Waals surface area contributed by atoms with Gasteiger partial charge < -0.3 is 14.7 Å². The van der Waals surface area contributed by atoms with Crippen molar-refractivity contribution in [1.82, 2.24) is 15.0 Å². The number of amides is 1. The van der Waals surface area contributed by atoms with E-state index < -0.39 is 40.4 Å². The quantitative estimate of drug-likeness (QED) is 0.208. The summed E-state index contributed by atoms with van der Waals surface area (Å²) in [5.41, 5.74) is -2.44. The van der Waals surface area contributed by atoms with Crippen LogP contribution in [0.1, 0.15) is 36.1 Å². The van der Waals surface area contributed by atoms with Gasteiger partial charge in [0.1, 0.15) is 5.82 Å². The predicted molar refractivity (Wildman–Crippen MR) is 164 cm³/mol. The zero-order valence-electron chi connectivity index (χ0n) is 25.6. The van der Waals surface area contributed by atoms with Crippen molar-refractivity contribution >= 4 is 23.4 Å². The van der Waals surface area contributed by atoms with Crippen LogP contribution in [0.2, 0.25) is 0 Å². The third kappa shape index (κ3) is 6.63. The van der Waals surface area contributed by atoms with E-state index in [0.29, 0.717) is 61.3 Å². The number of aryl methyl sites for hydroxylation is 1. The molecule has 242 valence electrons. The lowest BCUT2D eigenvalue weighted by atomic mass is 9.81. The standard InChI is InChI=1S/C33H32F6N6O/c1-21-8-5-6-9-25(21)26-19-28(44-12-14-45(15-13-44)30-40-10-7-11-41-30)42-20-27(26)43(4)29(46)31(2,3)22-16-23(32(34,35)36)18-24(17-22)33(37,38)39/h5-11,16-20H,12-15H2,1-4H3. The number of nitrogens with zero attached hydrogens (tertiary/aromatic N) is 6. The van der Waals surface area contributed by atoms with E-state index in [9.17, 15) is 31.1 Å². The van der Waals surface area contributed by atoms with E-state index in [1.807, 2.05) is 37.3 Å². The van der Waals surface area contributed by atoms with Gasteiger partial charge in [0.15, 0.2) is 0 Å². The largest absolute Gasteiger partial charge is 0.416 e. The molecule has 1 aliphatic rings. The molecule has 1 amide bonds. The minimum Gasteiger partial charge on any atom is -0.353 e. The number of hydrogen-bond donors (Lipinski definition) is 0. The SMILES string of the molecule is Cc1ccccc1-c1cc(N2CCN(c3ncccn3)CC2)ncc1N(C)C(=O)C(C)(C)c1cc(C(F)(F)F)cc(C(F)(F)F)c1. The van der Waals surface area contributed by atoms with Crippen LogP contribution in [0.15, 0.2) is 73.2 Å². The summed E-state index contributed by atoms with van der Waals surface area (Å²) in [5, 5.41) is 0. The Hall–Kier alpha value is -4.68. The summed E-state index contributed by atoms with van der Waals surface area (Å²) in [7, 11) is 1.44. The fourth-order valence-electron chi connectivity index (χ4n) is 5.53. The topological polar surface area (TPSA) is 65.5 Å². The lowest BCUT2D eigenvalue weighted by Gasteiger charge is -2.36. The molecule has 0 bridgehead atoms. The molecular formula is C33H32F6N6O. The minimum absolute atomic E-state index is 0.0550. The summed E-state index contributed by atoms with van der Waals surface area (Å²) in [4.78, 5) is 32.7. The molecule has 5 rings (SSSR count). The highest BCUT2D eigenvalue weighted by molar-refractivity contribution is 6.03. The number of hydrogen-bond acceptors (Lipinski definition) is 6. The Morgan fingerprint density at radius 3 is 1.85 bits per heavy atom. The fraction of sp³-hybridized carbons (Fsp3) is 0.333. The molecule has 0 N–H and O–H groups in total. The second kappa shape index (κ2) is 12.3. The van der Waals surface area contributed by atoms with Gasteiger partial charge in [0, 0.05) is 51.2 Å². The Morgan fingerprint density at radius 2 is 1.28 bits per heavy atom. The highest BCUT2D eigenvalue weighted by atomic mass is 19.4. The van der Waals surface area contributed by atoms with Crippen LogP contribution in [0, 0.1) is 6.92 Å². The highest BCUT2D eigenvalue weighted by Gasteiger charge is 2.41. The van der Waals surface area contributed by atoms with Gasteiger partial charge in [-0.25, -0.2) is 15.0 Å². The number of benzene rings is 2. The van der Waals surface area contributed by atoms with Crippen LogP contribution in [0.4, 0.5) is 43.8 Å². The zero-order chi connectivity index (χ0) is 33.4. The molecule has 0 spiro atoms. The first-order valence-corrected chi connectivity index (χ1v) is 14.5. The normalized spacial score (nSPS) is 14.4. The van der Waals surface area contributed by atoms with E-state index in [1.54, 1.807) is 18.5 Å².